The molecule has 4 heterocycles. The van der Waals surface area contributed by atoms with E-state index in [1.165, 1.54) is 43.8 Å². The molecule has 186 valence electrons. The molecule has 6 aromatic carbocycles. The minimum atomic E-state index is 0.906. The number of benzene rings is 6. The van der Waals surface area contributed by atoms with Gasteiger partial charge in [-0.2, -0.15) is 0 Å². The summed E-state index contributed by atoms with van der Waals surface area (Å²) >= 11 is 0. The fraction of sp³-hybridized carbons (Fsp3) is 0.0270. The second kappa shape index (κ2) is 7.02. The third-order valence-electron chi connectivity index (χ3n) is 8.79. The van der Waals surface area contributed by atoms with Gasteiger partial charge in [0.05, 0.1) is 16.6 Å². The smallest absolute Gasteiger partial charge is 0.160 e. The van der Waals surface area contributed by atoms with E-state index in [2.05, 4.69) is 108 Å². The summed E-state index contributed by atoms with van der Waals surface area (Å²) in [4.78, 5) is 0. The molecule has 3 nitrogen and oxygen atoms in total. The highest BCUT2D eigenvalue weighted by Gasteiger charge is 2.25. The van der Waals surface area contributed by atoms with Crippen LogP contribution in [0.5, 0.6) is 0 Å². The Kier molecular flexibility index (Phi) is 3.62. The number of hydrogen-bond donors (Lipinski definition) is 0. The maximum absolute atomic E-state index is 6.62. The Morgan fingerprint density at radius 2 is 0.925 bits per heavy atom. The first-order valence-electron chi connectivity index (χ1n) is 13.7. The number of para-hydroxylation sites is 2. The van der Waals surface area contributed by atoms with Gasteiger partial charge in [-0.15, -0.1) is 0 Å². The van der Waals surface area contributed by atoms with Crippen molar-refractivity contribution >= 4 is 82.0 Å². The van der Waals surface area contributed by atoms with E-state index in [-0.39, 0.29) is 0 Å². The Morgan fingerprint density at radius 3 is 1.48 bits per heavy atom. The van der Waals surface area contributed by atoms with Crippen molar-refractivity contribution in [2.45, 2.75) is 6.92 Å². The maximum atomic E-state index is 6.62. The van der Waals surface area contributed by atoms with Crippen molar-refractivity contribution in [1.82, 2.24) is 4.40 Å². The summed E-state index contributed by atoms with van der Waals surface area (Å²) in [6.07, 6.45) is 0. The zero-order chi connectivity index (χ0) is 26.1. The van der Waals surface area contributed by atoms with E-state index in [9.17, 15) is 0 Å². The monoisotopic (exact) mass is 511 g/mol. The normalized spacial score (nSPS) is 12.6. The molecule has 4 aromatic heterocycles. The molecule has 0 N–H and O–H groups in total. The van der Waals surface area contributed by atoms with Gasteiger partial charge in [-0.3, -0.25) is 0 Å². The average molecular weight is 512 g/mol. The van der Waals surface area contributed by atoms with Crippen LogP contribution in [0.4, 0.5) is 0 Å². The summed E-state index contributed by atoms with van der Waals surface area (Å²) in [5, 5.41) is 9.37. The fourth-order valence-electron chi connectivity index (χ4n) is 6.96. The van der Waals surface area contributed by atoms with E-state index >= 15 is 0 Å². The van der Waals surface area contributed by atoms with Crippen LogP contribution in [0, 0.1) is 6.92 Å². The van der Waals surface area contributed by atoms with Gasteiger partial charge in [0.15, 0.2) is 11.2 Å². The molecule has 0 spiro atoms. The van der Waals surface area contributed by atoms with Gasteiger partial charge in [-0.1, -0.05) is 78.4 Å². The Balaban J connectivity index is 1.50. The molecule has 3 heteroatoms. The lowest BCUT2D eigenvalue weighted by atomic mass is 9.98. The van der Waals surface area contributed by atoms with Gasteiger partial charge in [0.1, 0.15) is 11.2 Å². The molecule has 0 saturated carbocycles. The standard InChI is InChI=1S/C37H21NO2/c1-20-10-12-21(13-11-20)22-18-29-25-14-16-27-23-6-2-4-8-31(23)39-36(27)34(25)38-33(29)30(19-22)26-15-17-28-24-7-3-5-9-32(24)40-37(28)35(26)38/h2-19H,1H3. The lowest BCUT2D eigenvalue weighted by Gasteiger charge is -2.05. The summed E-state index contributed by atoms with van der Waals surface area (Å²) in [5.74, 6) is 0. The summed E-state index contributed by atoms with van der Waals surface area (Å²) in [5.41, 5.74) is 10.7. The number of fused-ring (bicyclic) bond motifs is 14. The first kappa shape index (κ1) is 20.7. The second-order valence-corrected chi connectivity index (χ2v) is 11.0. The number of hydrogen-bond acceptors (Lipinski definition) is 2. The molecule has 0 atom stereocenters. The quantitative estimate of drug-likeness (QED) is 0.219. The predicted molar refractivity (Wildman–Crippen MR) is 166 cm³/mol. The molecule has 10 aromatic rings. The van der Waals surface area contributed by atoms with Gasteiger partial charge < -0.3 is 13.2 Å². The average Bonchev–Trinajstić information content (AvgIpc) is 3.73. The zero-order valence-electron chi connectivity index (χ0n) is 21.7. The summed E-state index contributed by atoms with van der Waals surface area (Å²) < 4.78 is 15.7. The molecule has 10 rings (SSSR count). The van der Waals surface area contributed by atoms with E-state index in [0.29, 0.717) is 0 Å². The van der Waals surface area contributed by atoms with Gasteiger partial charge in [-0.05, 0) is 54.4 Å². The van der Waals surface area contributed by atoms with Crippen molar-refractivity contribution in [3.05, 3.63) is 115 Å². The molecule has 0 aliphatic carbocycles. The Morgan fingerprint density at radius 1 is 0.425 bits per heavy atom. The number of furan rings is 2. The highest BCUT2D eigenvalue weighted by Crippen LogP contribution is 2.47. The molecule has 0 aliphatic heterocycles. The number of aromatic nitrogens is 1. The first-order valence-corrected chi connectivity index (χ1v) is 13.7. The predicted octanol–water partition coefficient (Wildman–Crippen LogP) is 10.6. The molecule has 0 bridgehead atoms. The van der Waals surface area contributed by atoms with E-state index in [1.807, 2.05) is 12.1 Å². The minimum Gasteiger partial charge on any atom is -0.454 e. The Bertz CT molecular complexity index is 2490. The van der Waals surface area contributed by atoms with Crippen molar-refractivity contribution in [2.75, 3.05) is 0 Å². The SMILES string of the molecule is Cc1ccc(-c2cc3c4ccc5c6ccccc6oc5c4n4c3c(c2)c2ccc3c5ccccc5oc3c24)cc1. The lowest BCUT2D eigenvalue weighted by molar-refractivity contribution is 0.670. The van der Waals surface area contributed by atoms with Crippen LogP contribution < -0.4 is 0 Å². The van der Waals surface area contributed by atoms with Crippen LogP contribution >= 0.6 is 0 Å². The number of aryl methyl sites for hydroxylation is 1. The van der Waals surface area contributed by atoms with Gasteiger partial charge >= 0.3 is 0 Å². The van der Waals surface area contributed by atoms with Crippen LogP contribution in [0.15, 0.2) is 118 Å². The Labute approximate surface area is 227 Å². The van der Waals surface area contributed by atoms with Crippen LogP contribution in [0.3, 0.4) is 0 Å². The van der Waals surface area contributed by atoms with Gasteiger partial charge in [0.25, 0.3) is 0 Å². The van der Waals surface area contributed by atoms with Gasteiger partial charge in [-0.25, -0.2) is 0 Å². The van der Waals surface area contributed by atoms with Crippen molar-refractivity contribution in [3.63, 3.8) is 0 Å². The van der Waals surface area contributed by atoms with Gasteiger partial charge in [0, 0.05) is 43.1 Å². The molecule has 0 unspecified atom stereocenters. The molecule has 40 heavy (non-hydrogen) atoms. The molecule has 0 amide bonds. The summed E-state index contributed by atoms with van der Waals surface area (Å²) in [7, 11) is 0. The first-order chi connectivity index (χ1) is 19.7. The van der Waals surface area contributed by atoms with Crippen LogP contribution in [-0.4, -0.2) is 4.40 Å². The number of rotatable bonds is 1. The highest BCUT2D eigenvalue weighted by atomic mass is 16.3. The second-order valence-electron chi connectivity index (χ2n) is 11.0. The molecular weight excluding hydrogens is 490 g/mol. The fourth-order valence-corrected chi connectivity index (χ4v) is 6.96. The summed E-state index contributed by atoms with van der Waals surface area (Å²) in [6, 6.07) is 39.1. The lowest BCUT2D eigenvalue weighted by Crippen LogP contribution is -1.82. The van der Waals surface area contributed by atoms with E-state index in [1.54, 1.807) is 0 Å². The molecule has 0 aliphatic rings. The van der Waals surface area contributed by atoms with Crippen LogP contribution in [0.1, 0.15) is 5.56 Å². The third kappa shape index (κ3) is 2.42. The van der Waals surface area contributed by atoms with Crippen molar-refractivity contribution in [2.24, 2.45) is 0 Å². The minimum absolute atomic E-state index is 0.906. The van der Waals surface area contributed by atoms with Crippen LogP contribution in [0.2, 0.25) is 0 Å². The van der Waals surface area contributed by atoms with Crippen molar-refractivity contribution in [3.8, 4) is 11.1 Å². The zero-order valence-corrected chi connectivity index (χ0v) is 21.7. The highest BCUT2D eigenvalue weighted by molar-refractivity contribution is 6.31. The topological polar surface area (TPSA) is 30.7 Å². The van der Waals surface area contributed by atoms with Crippen LogP contribution in [0.25, 0.3) is 93.1 Å². The van der Waals surface area contributed by atoms with E-state index in [4.69, 9.17) is 8.83 Å². The molecule has 0 fully saturated rings. The van der Waals surface area contributed by atoms with Gasteiger partial charge in [0.2, 0.25) is 0 Å². The number of nitrogens with zero attached hydrogens (tertiary/aromatic N) is 1. The maximum Gasteiger partial charge on any atom is 0.160 e. The largest absolute Gasteiger partial charge is 0.454 e. The van der Waals surface area contributed by atoms with Crippen molar-refractivity contribution in [1.29, 1.82) is 0 Å². The van der Waals surface area contributed by atoms with E-state index in [0.717, 1.165) is 54.9 Å². The molecular formula is C37H21NO2. The Hall–Kier alpha value is -5.28. The summed E-state index contributed by atoms with van der Waals surface area (Å²) in [6.45, 7) is 2.13. The molecule has 0 radical (unpaired) electrons. The van der Waals surface area contributed by atoms with E-state index < -0.39 is 0 Å². The van der Waals surface area contributed by atoms with Crippen LogP contribution in [-0.2, 0) is 0 Å². The molecule has 0 saturated heterocycles. The van der Waals surface area contributed by atoms with Crippen molar-refractivity contribution < 1.29 is 8.83 Å². The third-order valence-corrected chi connectivity index (χ3v) is 8.79.